The molecule has 0 aliphatic rings. The lowest BCUT2D eigenvalue weighted by atomic mass is 10.0. The molecule has 2 amide bonds. The monoisotopic (exact) mass is 697 g/mol. The van der Waals surface area contributed by atoms with Gasteiger partial charge >= 0.3 is 0 Å². The van der Waals surface area contributed by atoms with E-state index in [1.165, 1.54) is 49.5 Å². The zero-order valence-corrected chi connectivity index (χ0v) is 28.7. The summed E-state index contributed by atoms with van der Waals surface area (Å²) in [6.45, 7) is 1.73. The van der Waals surface area contributed by atoms with Crippen LogP contribution in [0.5, 0.6) is 11.5 Å². The largest absolute Gasteiger partial charge is 0.493 e. The molecule has 0 aliphatic heterocycles. The van der Waals surface area contributed by atoms with Gasteiger partial charge in [0, 0.05) is 35.6 Å². The number of nitrogens with zero attached hydrogens (tertiary/aromatic N) is 2. The summed E-state index contributed by atoms with van der Waals surface area (Å²) in [4.78, 5) is 29.6. The van der Waals surface area contributed by atoms with Gasteiger partial charge in [-0.2, -0.15) is 0 Å². The first-order valence-electron chi connectivity index (χ1n) is 14.9. The number of rotatable bonds is 15. The molecule has 0 spiro atoms. The van der Waals surface area contributed by atoms with Crippen molar-refractivity contribution in [1.29, 1.82) is 0 Å². The lowest BCUT2D eigenvalue weighted by Crippen LogP contribution is -2.53. The fourth-order valence-corrected chi connectivity index (χ4v) is 6.76. The molecular formula is C35H37Cl2N3O6S. The Hall–Kier alpha value is -4.25. The Morgan fingerprint density at radius 3 is 2.13 bits per heavy atom. The van der Waals surface area contributed by atoms with E-state index in [0.717, 1.165) is 9.87 Å². The van der Waals surface area contributed by atoms with Crippen molar-refractivity contribution < 1.29 is 27.5 Å². The Morgan fingerprint density at radius 2 is 1.49 bits per heavy atom. The Balaban J connectivity index is 1.82. The number of methoxy groups -OCH3 is 2. The predicted molar refractivity (Wildman–Crippen MR) is 185 cm³/mol. The number of amides is 2. The van der Waals surface area contributed by atoms with Gasteiger partial charge in [0.1, 0.15) is 12.6 Å². The van der Waals surface area contributed by atoms with E-state index in [-0.39, 0.29) is 35.2 Å². The van der Waals surface area contributed by atoms with Crippen LogP contribution in [0.25, 0.3) is 0 Å². The third-order valence-corrected chi connectivity index (χ3v) is 9.66. The van der Waals surface area contributed by atoms with Crippen molar-refractivity contribution in [1.82, 2.24) is 10.2 Å². The van der Waals surface area contributed by atoms with Crippen LogP contribution >= 0.6 is 23.2 Å². The number of benzene rings is 4. The number of hydrogen-bond donors (Lipinski definition) is 1. The van der Waals surface area contributed by atoms with Gasteiger partial charge in [-0.1, -0.05) is 72.6 Å². The van der Waals surface area contributed by atoms with Gasteiger partial charge in [-0.15, -0.1) is 0 Å². The minimum Gasteiger partial charge on any atom is -0.493 e. The maximum atomic E-state index is 14.5. The van der Waals surface area contributed by atoms with Crippen molar-refractivity contribution in [3.05, 3.63) is 118 Å². The van der Waals surface area contributed by atoms with E-state index in [1.54, 1.807) is 36.4 Å². The normalized spacial score (nSPS) is 11.8. The average molecular weight is 699 g/mol. The lowest BCUT2D eigenvalue weighted by Gasteiger charge is -2.34. The third kappa shape index (κ3) is 9.18. The van der Waals surface area contributed by atoms with Crippen molar-refractivity contribution in [2.75, 3.05) is 31.6 Å². The molecule has 4 aromatic rings. The predicted octanol–water partition coefficient (Wildman–Crippen LogP) is 6.37. The second-order valence-corrected chi connectivity index (χ2v) is 13.4. The molecule has 1 atom stereocenters. The highest BCUT2D eigenvalue weighted by Crippen LogP contribution is 2.33. The number of sulfonamides is 1. The van der Waals surface area contributed by atoms with Gasteiger partial charge in [0.2, 0.25) is 11.8 Å². The van der Waals surface area contributed by atoms with Crippen LogP contribution in [-0.4, -0.2) is 58.5 Å². The number of carbonyl (C=O) groups is 2. The minimum atomic E-state index is -4.37. The summed E-state index contributed by atoms with van der Waals surface area (Å²) in [6.07, 6.45) is 0.895. The van der Waals surface area contributed by atoms with Gasteiger partial charge in [0.25, 0.3) is 10.0 Å². The first-order valence-corrected chi connectivity index (χ1v) is 17.1. The fourth-order valence-electron chi connectivity index (χ4n) is 4.99. The van der Waals surface area contributed by atoms with Crippen LogP contribution in [0.15, 0.2) is 102 Å². The van der Waals surface area contributed by atoms with Gasteiger partial charge in [0.05, 0.1) is 24.8 Å². The number of halogens is 2. The van der Waals surface area contributed by atoms with Gasteiger partial charge < -0.3 is 19.7 Å². The second-order valence-electron chi connectivity index (χ2n) is 10.7. The van der Waals surface area contributed by atoms with Crippen LogP contribution in [0.4, 0.5) is 5.69 Å². The molecule has 4 rings (SSSR count). The summed E-state index contributed by atoms with van der Waals surface area (Å²) in [5.41, 5.74) is 1.71. The van der Waals surface area contributed by atoms with Crippen molar-refractivity contribution >= 4 is 50.7 Å². The van der Waals surface area contributed by atoms with Crippen molar-refractivity contribution in [2.24, 2.45) is 0 Å². The third-order valence-electron chi connectivity index (χ3n) is 7.40. The minimum absolute atomic E-state index is 0.00129. The first-order chi connectivity index (χ1) is 22.6. The maximum Gasteiger partial charge on any atom is 0.264 e. The summed E-state index contributed by atoms with van der Waals surface area (Å²) in [5, 5.41) is 3.78. The van der Waals surface area contributed by atoms with Crippen molar-refractivity contribution in [3.63, 3.8) is 0 Å². The Bertz CT molecular complexity index is 1770. The smallest absolute Gasteiger partial charge is 0.264 e. The molecule has 0 fully saturated rings. The van der Waals surface area contributed by atoms with Crippen LogP contribution < -0.4 is 19.1 Å². The molecule has 4 aromatic carbocycles. The zero-order valence-electron chi connectivity index (χ0n) is 26.4. The highest BCUT2D eigenvalue weighted by atomic mass is 35.5. The van der Waals surface area contributed by atoms with Crippen LogP contribution in [0, 0.1) is 0 Å². The van der Waals surface area contributed by atoms with Gasteiger partial charge in [-0.25, -0.2) is 8.42 Å². The van der Waals surface area contributed by atoms with E-state index >= 15 is 0 Å². The number of carbonyl (C=O) groups excluding carboxylic acids is 2. The topological polar surface area (TPSA) is 105 Å². The number of nitrogens with one attached hydrogen (secondary N) is 1. The molecule has 47 heavy (non-hydrogen) atoms. The first kappa shape index (κ1) is 35.6. The summed E-state index contributed by atoms with van der Waals surface area (Å²) in [7, 11) is -1.52. The van der Waals surface area contributed by atoms with E-state index in [4.69, 9.17) is 32.7 Å². The van der Waals surface area contributed by atoms with E-state index in [0.29, 0.717) is 34.3 Å². The van der Waals surface area contributed by atoms with Crippen LogP contribution in [0.2, 0.25) is 10.0 Å². The van der Waals surface area contributed by atoms with E-state index in [1.807, 2.05) is 37.3 Å². The van der Waals surface area contributed by atoms with Gasteiger partial charge in [-0.3, -0.25) is 13.9 Å². The Kier molecular flexibility index (Phi) is 12.5. The highest BCUT2D eigenvalue weighted by Gasteiger charge is 2.35. The number of ether oxygens (including phenoxy) is 2. The highest BCUT2D eigenvalue weighted by molar-refractivity contribution is 7.92. The van der Waals surface area contributed by atoms with Crippen molar-refractivity contribution in [2.45, 2.75) is 37.2 Å². The molecule has 248 valence electrons. The second kappa shape index (κ2) is 16.5. The van der Waals surface area contributed by atoms with E-state index in [9.17, 15) is 18.0 Å². The summed E-state index contributed by atoms with van der Waals surface area (Å²) in [6, 6.07) is 25.7. The summed E-state index contributed by atoms with van der Waals surface area (Å²) < 4.78 is 40.3. The van der Waals surface area contributed by atoms with Crippen molar-refractivity contribution in [3.8, 4) is 11.5 Å². The van der Waals surface area contributed by atoms with Crippen LogP contribution in [0.3, 0.4) is 0 Å². The molecule has 0 aliphatic carbocycles. The SMILES string of the molecule is CCCNC(=O)[C@H](Cc1ccccc1)N(Cc1cccc(Cl)c1)C(=O)CN(c1ccc(Cl)cc1)S(=O)(=O)c1ccc(OC)c(OC)c1. The molecule has 9 nitrogen and oxygen atoms in total. The fraction of sp³-hybridized carbons (Fsp3) is 0.257. The lowest BCUT2D eigenvalue weighted by molar-refractivity contribution is -0.140. The molecule has 0 unspecified atom stereocenters. The molecule has 0 saturated carbocycles. The van der Waals surface area contributed by atoms with Crippen LogP contribution in [0.1, 0.15) is 24.5 Å². The molecule has 0 radical (unpaired) electrons. The molecule has 12 heteroatoms. The van der Waals surface area contributed by atoms with E-state index in [2.05, 4.69) is 5.32 Å². The molecular weight excluding hydrogens is 661 g/mol. The summed E-state index contributed by atoms with van der Waals surface area (Å²) >= 11 is 12.4. The van der Waals surface area contributed by atoms with Gasteiger partial charge in [0.15, 0.2) is 11.5 Å². The summed E-state index contributed by atoms with van der Waals surface area (Å²) in [5.74, 6) is -0.410. The van der Waals surface area contributed by atoms with Gasteiger partial charge in [-0.05, 0) is 66.1 Å². The molecule has 0 bridgehead atoms. The molecule has 0 aromatic heterocycles. The quantitative estimate of drug-likeness (QED) is 0.155. The maximum absolute atomic E-state index is 14.5. The molecule has 0 heterocycles. The molecule has 0 saturated heterocycles. The Labute approximate surface area is 286 Å². The number of hydrogen-bond acceptors (Lipinski definition) is 6. The average Bonchev–Trinajstić information content (AvgIpc) is 3.08. The van der Waals surface area contributed by atoms with Crippen LogP contribution in [-0.2, 0) is 32.6 Å². The zero-order chi connectivity index (χ0) is 34.0. The standard InChI is InChI=1S/C35H37Cl2N3O6S/c1-4-19-38-35(42)31(21-25-9-6-5-7-10-25)39(23-26-11-8-12-28(37)20-26)34(41)24-40(29-15-13-27(36)14-16-29)47(43,44)30-17-18-32(45-2)33(22-30)46-3/h5-18,20,22,31H,4,19,21,23-24H2,1-3H3,(H,38,42)/t31-/m0/s1. The Morgan fingerprint density at radius 1 is 0.809 bits per heavy atom. The molecule has 1 N–H and O–H groups in total. The number of anilines is 1. The van der Waals surface area contributed by atoms with E-state index < -0.39 is 28.5 Å².